The summed E-state index contributed by atoms with van der Waals surface area (Å²) < 4.78 is 82.4. The van der Waals surface area contributed by atoms with Gasteiger partial charge in [-0.1, -0.05) is 94.2 Å². The number of aromatic nitrogens is 1. The summed E-state index contributed by atoms with van der Waals surface area (Å²) in [6.07, 6.45) is 3.41. The molecule has 0 aliphatic carbocycles. The first kappa shape index (κ1) is 120. The Morgan fingerprint density at radius 3 is 1.57 bits per heavy atom. The van der Waals surface area contributed by atoms with Crippen LogP contribution < -0.4 is 21.3 Å². The topological polar surface area (TPSA) is 480 Å². The van der Waals surface area contributed by atoms with Crippen molar-refractivity contribution in [3.63, 3.8) is 0 Å². The van der Waals surface area contributed by atoms with Gasteiger partial charge < -0.3 is 118 Å². The summed E-state index contributed by atoms with van der Waals surface area (Å²) in [6.45, 7) is 24.1. The standard InChI is InChI=1S/C55H89FN6O12S.C14H27NO6S.C12H22O7.C7H16O4/c1-12-25-62(54(68)50(36(6)14-3)60-52(67)44-18-15-16-26-61(44)10)45(35(4)5)30-46(71-27-13-2)53-59-43(34-75-53)51(66)58-42(29-40-21-23-41(56)24-22-40)28-37(7)55(69)74-38(8)31-57-47(64)19-17-20-48(65)72-33-49(70-11)73-39(9)32-63;1-3-11(9-16)21-14(19-2)10-20-13(18)6-4-5-12(17)15-7-8-22;1-3-9(7-13)19-12(17-2)8-18-11(16)6-4-5-10(14)15;1-3-6(4-8)11-7(5-9)10-2/h21-24,34-39,42,44-46,49-50,63H,12-20,25-33H2,1-11H3,(H,57,64)(H,58,66)(H,60,67);11,14,16,22H,3-10H2,1-2H3,(H,15,17);9,12-13H,3-8H2,1-2H3,(H,14,15);6-9H,3-5H2,1-2H3/t36-,37-,38?,39?,42+,44+,45+,46+,49?,50-;;;/m0.../s1. The number of amides is 5. The summed E-state index contributed by atoms with van der Waals surface area (Å²) in [5, 5.41) is 66.8. The number of ether oxygens (including phenoxy) is 13. The van der Waals surface area contributed by atoms with E-state index in [1.165, 1.54) is 51.9 Å². The van der Waals surface area contributed by atoms with Crippen molar-refractivity contribution in [3.05, 3.63) is 51.7 Å². The summed E-state index contributed by atoms with van der Waals surface area (Å²) in [5.41, 5.74) is 0.899. The van der Waals surface area contributed by atoms with Crippen LogP contribution in [-0.2, 0) is 111 Å². The number of carbonyl (C=O) groups excluding carboxylic acids is 9. The Hall–Kier alpha value is -6.77. The molecule has 0 spiro atoms. The second kappa shape index (κ2) is 72.9. The number of thiazole rings is 1. The molecule has 0 bridgehead atoms. The van der Waals surface area contributed by atoms with Crippen molar-refractivity contribution in [1.29, 1.82) is 0 Å². The van der Waals surface area contributed by atoms with Crippen LogP contribution >= 0.6 is 24.0 Å². The molecule has 1 fully saturated rings. The molecule has 10 N–H and O–H groups in total. The molecule has 0 radical (unpaired) electrons. The molecule has 16 atom stereocenters. The largest absolute Gasteiger partial charge is 0.481 e. The monoisotopic (exact) mass is 1860 g/mol. The summed E-state index contributed by atoms with van der Waals surface area (Å²) >= 11 is 5.28. The third-order valence-corrected chi connectivity index (χ3v) is 21.4. The van der Waals surface area contributed by atoms with Crippen LogP contribution in [0.25, 0.3) is 0 Å². The summed E-state index contributed by atoms with van der Waals surface area (Å²) in [5.74, 6) is -4.69. The Balaban J connectivity index is 0.00000244. The van der Waals surface area contributed by atoms with Gasteiger partial charge in [-0.2, -0.15) is 12.6 Å². The average Bonchev–Trinajstić information content (AvgIpc) is 1.80. The third kappa shape index (κ3) is 54.0. The van der Waals surface area contributed by atoms with Gasteiger partial charge >= 0.3 is 29.8 Å². The minimum atomic E-state index is -0.945. The van der Waals surface area contributed by atoms with E-state index in [4.69, 9.17) is 97.2 Å². The zero-order valence-corrected chi connectivity index (χ0v) is 79.8. The number of aliphatic hydroxyl groups excluding tert-OH is 5. The van der Waals surface area contributed by atoms with Gasteiger partial charge in [0.2, 0.25) is 23.6 Å². The van der Waals surface area contributed by atoms with Crippen molar-refractivity contribution in [2.24, 2.45) is 17.8 Å². The molecular formula is C88H154FN7O29S2. The molecule has 9 unspecified atom stereocenters. The highest BCUT2D eigenvalue weighted by molar-refractivity contribution is 7.80. The number of hydrogen-bond acceptors (Lipinski definition) is 32. The number of thiol groups is 1. The molecule has 2 heterocycles. The lowest BCUT2D eigenvalue weighted by molar-refractivity contribution is -0.194. The molecular weight excluding hydrogens is 1700 g/mol. The van der Waals surface area contributed by atoms with Gasteiger partial charge in [0, 0.05) is 116 Å². The van der Waals surface area contributed by atoms with E-state index < -0.39 is 103 Å². The normalized spacial score (nSPS) is 16.2. The van der Waals surface area contributed by atoms with Gasteiger partial charge in [-0.3, -0.25) is 52.8 Å². The van der Waals surface area contributed by atoms with E-state index >= 15 is 0 Å². The number of esters is 4. The molecule has 1 aromatic carbocycles. The van der Waals surface area contributed by atoms with Gasteiger partial charge in [-0.05, 0) is 134 Å². The number of carboxylic acids is 1. The Morgan fingerprint density at radius 2 is 1.13 bits per heavy atom. The number of carboxylic acid groups (broad SMARTS) is 1. The second-order valence-corrected chi connectivity index (χ2v) is 32.5. The molecule has 1 saturated heterocycles. The van der Waals surface area contributed by atoms with Crippen molar-refractivity contribution in [3.8, 4) is 0 Å². The number of nitrogens with zero attached hydrogens (tertiary/aromatic N) is 3. The first-order valence-electron chi connectivity index (χ1n) is 44.4. The second-order valence-electron chi connectivity index (χ2n) is 31.2. The highest BCUT2D eigenvalue weighted by Gasteiger charge is 2.39. The number of methoxy groups -OCH3 is 4. The Bertz CT molecular complexity index is 3280. The number of likely N-dealkylation sites (tertiary alicyclic amines) is 1. The molecule has 1 aliphatic heterocycles. The van der Waals surface area contributed by atoms with Gasteiger partial charge in [0.1, 0.15) is 54.6 Å². The number of hydrogen-bond donors (Lipinski definition) is 11. The fraction of sp³-hybridized carbons (Fsp3) is 0.784. The lowest BCUT2D eigenvalue weighted by Gasteiger charge is -2.40. The minimum absolute atomic E-state index is 0.0107. The number of carbonyl (C=O) groups is 10. The molecule has 734 valence electrons. The third-order valence-electron chi connectivity index (χ3n) is 20.2. The van der Waals surface area contributed by atoms with Gasteiger partial charge in [0.25, 0.3) is 5.91 Å². The van der Waals surface area contributed by atoms with Crippen molar-refractivity contribution < 1.29 is 145 Å². The quantitative estimate of drug-likeness (QED) is 0.0131. The summed E-state index contributed by atoms with van der Waals surface area (Å²) in [6, 6.07) is 4.06. The maximum atomic E-state index is 14.8. The van der Waals surface area contributed by atoms with Crippen LogP contribution in [0.2, 0.25) is 0 Å². The van der Waals surface area contributed by atoms with Crippen molar-refractivity contribution >= 4 is 83.3 Å². The van der Waals surface area contributed by atoms with Crippen LogP contribution in [0, 0.1) is 23.6 Å². The van der Waals surface area contributed by atoms with E-state index in [0.717, 1.165) is 37.8 Å². The maximum absolute atomic E-state index is 14.8. The summed E-state index contributed by atoms with van der Waals surface area (Å²) in [7, 11) is 7.65. The lowest BCUT2D eigenvalue weighted by atomic mass is 9.92. The van der Waals surface area contributed by atoms with Crippen molar-refractivity contribution in [2.75, 3.05) is 127 Å². The zero-order chi connectivity index (χ0) is 95.8. The van der Waals surface area contributed by atoms with Crippen LogP contribution in [0.4, 0.5) is 4.39 Å². The number of halogens is 1. The van der Waals surface area contributed by atoms with Gasteiger partial charge in [0.15, 0.2) is 25.2 Å². The molecule has 1 aromatic heterocycles. The molecule has 36 nitrogen and oxygen atoms in total. The number of piperidine rings is 1. The molecule has 5 amide bonds. The fourth-order valence-electron chi connectivity index (χ4n) is 12.4. The highest BCUT2D eigenvalue weighted by atomic mass is 32.1. The highest BCUT2D eigenvalue weighted by Crippen LogP contribution is 2.33. The number of benzene rings is 1. The smallest absolute Gasteiger partial charge is 0.309 e. The average molecular weight is 1860 g/mol. The fourth-order valence-corrected chi connectivity index (χ4v) is 13.3. The van der Waals surface area contributed by atoms with Crippen LogP contribution in [0.5, 0.6) is 0 Å². The minimum Gasteiger partial charge on any atom is -0.481 e. The molecule has 0 saturated carbocycles. The maximum Gasteiger partial charge on any atom is 0.309 e. The molecule has 127 heavy (non-hydrogen) atoms. The molecule has 2 aromatic rings. The van der Waals surface area contributed by atoms with E-state index in [-0.39, 0.29) is 195 Å². The van der Waals surface area contributed by atoms with Crippen LogP contribution in [-0.4, -0.2) is 312 Å². The molecule has 39 heteroatoms. The number of likely N-dealkylation sites (N-methyl/N-ethyl adjacent to an activating group) is 1. The van der Waals surface area contributed by atoms with Crippen molar-refractivity contribution in [1.82, 2.24) is 36.1 Å². The van der Waals surface area contributed by atoms with Crippen LogP contribution in [0.3, 0.4) is 0 Å². The van der Waals surface area contributed by atoms with E-state index in [0.29, 0.717) is 75.4 Å². The zero-order valence-electron chi connectivity index (χ0n) is 78.1. The molecule has 1 aliphatic rings. The van der Waals surface area contributed by atoms with E-state index in [2.05, 4.69) is 52.6 Å². The van der Waals surface area contributed by atoms with Crippen molar-refractivity contribution in [2.45, 2.75) is 304 Å². The van der Waals surface area contributed by atoms with E-state index in [1.54, 1.807) is 38.3 Å². The Morgan fingerprint density at radius 1 is 0.614 bits per heavy atom. The van der Waals surface area contributed by atoms with E-state index in [1.807, 2.05) is 60.4 Å². The first-order valence-corrected chi connectivity index (χ1v) is 45.9. The number of nitrogens with one attached hydrogen (secondary N) is 4. The predicted octanol–water partition coefficient (Wildman–Crippen LogP) is 7.71. The number of aliphatic carboxylic acids is 1. The number of rotatable bonds is 65. The van der Waals surface area contributed by atoms with Gasteiger partial charge in [-0.25, -0.2) is 9.37 Å². The lowest BCUT2D eigenvalue weighted by Crippen LogP contribution is -2.58. The first-order chi connectivity index (χ1) is 60.6. The SMILES string of the molecule is CCC(CO)OC(CO)OC.CCC(CO)OC(COC(=O)CCCC(=O)NCCS)OC.CCC(CO)OC(COC(=O)CCCC(=O)O)OC.CCCO[C@H](C[C@H](C(C)C)N(CCC)C(=O)[C@@H](NC(=O)[C@H]1CCCCN1C)[C@@H](C)CC)c1nc(C(=O)N[C@@H](Cc2ccc(F)cc2)C[C@H](C)C(=O)OC(C)CNC(=O)CCCC(=O)OCC(OC)OC(C)CO)cs1. The number of aliphatic hydroxyl groups is 5. The van der Waals surface area contributed by atoms with Gasteiger partial charge in [-0.15, -0.1) is 11.3 Å². The predicted molar refractivity (Wildman–Crippen MR) is 475 cm³/mol. The Kier molecular flexibility index (Phi) is 69.0. The molecule has 3 rings (SSSR count). The van der Waals surface area contributed by atoms with E-state index in [9.17, 15) is 52.3 Å². The van der Waals surface area contributed by atoms with Crippen LogP contribution in [0.15, 0.2) is 29.6 Å². The Labute approximate surface area is 760 Å². The van der Waals surface area contributed by atoms with Gasteiger partial charge in [0.05, 0.1) is 76.0 Å². The van der Waals surface area contributed by atoms with Crippen LogP contribution in [0.1, 0.15) is 239 Å². The summed E-state index contributed by atoms with van der Waals surface area (Å²) in [4.78, 5) is 134.